The second-order valence-electron chi connectivity index (χ2n) is 7.18. The van der Waals surface area contributed by atoms with E-state index in [1.807, 2.05) is 0 Å². The number of amides is 1. The van der Waals surface area contributed by atoms with Crippen LogP contribution in [0.25, 0.3) is 16.6 Å². The molecule has 0 aliphatic heterocycles. The van der Waals surface area contributed by atoms with E-state index in [0.29, 0.717) is 12.6 Å². The van der Waals surface area contributed by atoms with Crippen molar-refractivity contribution in [3.8, 4) is 0 Å². The molecular weight excluding hydrogens is 448 g/mol. The Morgan fingerprint density at radius 1 is 1.27 bits per heavy atom. The molecule has 4 aromatic rings. The van der Waals surface area contributed by atoms with Crippen molar-refractivity contribution in [2.24, 2.45) is 0 Å². The van der Waals surface area contributed by atoms with Gasteiger partial charge in [-0.25, -0.2) is 13.9 Å². The molecule has 0 bridgehead atoms. The zero-order valence-electron chi connectivity index (χ0n) is 17.0. The molecule has 33 heavy (non-hydrogen) atoms. The maximum absolute atomic E-state index is 14.0. The number of fused-ring (bicyclic) bond motifs is 2. The van der Waals surface area contributed by atoms with Crippen molar-refractivity contribution in [1.29, 1.82) is 0 Å². The van der Waals surface area contributed by atoms with Gasteiger partial charge in [0, 0.05) is 23.3 Å². The number of halogens is 4. The number of hydrogen-bond donors (Lipinski definition) is 1. The van der Waals surface area contributed by atoms with E-state index < -0.39 is 36.4 Å². The monoisotopic (exact) mass is 464 g/mol. The Hall–Kier alpha value is -3.96. The van der Waals surface area contributed by atoms with Crippen molar-refractivity contribution < 1.29 is 36.3 Å². The lowest BCUT2D eigenvalue weighted by atomic mass is 10.1. The highest BCUT2D eigenvalue weighted by Crippen LogP contribution is 2.27. The Bertz CT molecular complexity index is 1350. The normalized spacial score (nSPS) is 12.8. The molecule has 1 atom stereocenters. The lowest BCUT2D eigenvalue weighted by Gasteiger charge is -2.16. The summed E-state index contributed by atoms with van der Waals surface area (Å²) in [7, 11) is 0. The van der Waals surface area contributed by atoms with Crippen LogP contribution in [0.1, 0.15) is 28.6 Å². The number of aromatic nitrogens is 3. The van der Waals surface area contributed by atoms with E-state index >= 15 is 0 Å². The molecule has 8 nitrogen and oxygen atoms in total. The zero-order valence-corrected chi connectivity index (χ0v) is 17.0. The first kappa shape index (κ1) is 22.2. The van der Waals surface area contributed by atoms with Crippen molar-refractivity contribution >= 4 is 28.5 Å². The lowest BCUT2D eigenvalue weighted by molar-refractivity contribution is -0.215. The van der Waals surface area contributed by atoms with E-state index in [0.717, 1.165) is 12.1 Å². The average Bonchev–Trinajstić information content (AvgIpc) is 3.35. The first-order valence-electron chi connectivity index (χ1n) is 9.65. The van der Waals surface area contributed by atoms with Gasteiger partial charge in [-0.1, -0.05) is 0 Å². The van der Waals surface area contributed by atoms with Crippen LogP contribution in [-0.2, 0) is 22.5 Å². The first-order valence-corrected chi connectivity index (χ1v) is 9.65. The van der Waals surface area contributed by atoms with Gasteiger partial charge in [-0.15, -0.1) is 0 Å². The second kappa shape index (κ2) is 8.52. The highest BCUT2D eigenvalue weighted by Gasteiger charge is 2.39. The van der Waals surface area contributed by atoms with Gasteiger partial charge in [-0.05, 0) is 31.2 Å². The van der Waals surface area contributed by atoms with Crippen molar-refractivity contribution in [3.05, 3.63) is 65.6 Å². The molecular formula is C21H16F4N4O4. The summed E-state index contributed by atoms with van der Waals surface area (Å²) in [6.07, 6.45) is -3.12. The maximum atomic E-state index is 14.0. The van der Waals surface area contributed by atoms with Crippen molar-refractivity contribution in [1.82, 2.24) is 19.9 Å². The van der Waals surface area contributed by atoms with Crippen LogP contribution in [0.3, 0.4) is 0 Å². The molecule has 4 rings (SSSR count). The number of benzene rings is 1. The van der Waals surface area contributed by atoms with Gasteiger partial charge in [0.05, 0.1) is 19.2 Å². The van der Waals surface area contributed by atoms with Crippen LogP contribution in [0.15, 0.2) is 47.3 Å². The Morgan fingerprint density at radius 3 is 2.82 bits per heavy atom. The third-order valence-corrected chi connectivity index (χ3v) is 4.76. The number of alkyl halides is 3. The van der Waals surface area contributed by atoms with E-state index in [2.05, 4.69) is 20.1 Å². The third-order valence-electron chi connectivity index (χ3n) is 4.76. The smallest absolute Gasteiger partial charge is 0.425 e. The predicted molar refractivity (Wildman–Crippen MR) is 106 cm³/mol. The Labute approximate surface area is 183 Å². The number of ether oxygens (including phenoxy) is 1. The van der Waals surface area contributed by atoms with Gasteiger partial charge < -0.3 is 14.5 Å². The highest BCUT2D eigenvalue weighted by atomic mass is 19.4. The summed E-state index contributed by atoms with van der Waals surface area (Å²) in [5, 5.41) is 6.94. The third kappa shape index (κ3) is 4.78. The minimum absolute atomic E-state index is 0.0220. The zero-order chi connectivity index (χ0) is 23.8. The van der Waals surface area contributed by atoms with Gasteiger partial charge in [0.2, 0.25) is 0 Å². The maximum Gasteiger partial charge on any atom is 0.425 e. The minimum atomic E-state index is -4.71. The molecule has 0 fully saturated rings. The molecule has 0 aliphatic carbocycles. The van der Waals surface area contributed by atoms with Crippen LogP contribution in [0.2, 0.25) is 0 Å². The van der Waals surface area contributed by atoms with Gasteiger partial charge in [-0.3, -0.25) is 9.59 Å². The number of esters is 1. The molecule has 1 amide bonds. The topological polar surface area (TPSA) is 98.7 Å². The first-order chi connectivity index (χ1) is 15.6. The van der Waals surface area contributed by atoms with Crippen molar-refractivity contribution in [2.75, 3.05) is 0 Å². The summed E-state index contributed by atoms with van der Waals surface area (Å²) in [6, 6.07) is 5.25. The molecule has 3 heterocycles. The van der Waals surface area contributed by atoms with Gasteiger partial charge in [0.15, 0.2) is 11.8 Å². The number of nitrogens with one attached hydrogen (secondary N) is 1. The number of carbonyl (C=O) groups is 2. The molecule has 3 aromatic heterocycles. The molecule has 0 saturated carbocycles. The minimum Gasteiger partial charge on any atom is -0.459 e. The molecule has 0 spiro atoms. The molecule has 172 valence electrons. The van der Waals surface area contributed by atoms with E-state index in [-0.39, 0.29) is 34.4 Å². The molecule has 1 aromatic carbocycles. The fraction of sp³-hybridized carbons (Fsp3) is 0.238. The van der Waals surface area contributed by atoms with E-state index in [1.165, 1.54) is 23.0 Å². The molecule has 0 aliphatic rings. The quantitative estimate of drug-likeness (QED) is 0.346. The van der Waals surface area contributed by atoms with Gasteiger partial charge in [0.1, 0.15) is 22.7 Å². The highest BCUT2D eigenvalue weighted by molar-refractivity contribution is 5.99. The molecule has 12 heteroatoms. The van der Waals surface area contributed by atoms with Crippen molar-refractivity contribution in [2.45, 2.75) is 32.2 Å². The van der Waals surface area contributed by atoms with E-state index in [9.17, 15) is 27.2 Å². The molecule has 1 N–H and O–H groups in total. The Balaban J connectivity index is 1.50. The summed E-state index contributed by atoms with van der Waals surface area (Å²) in [5.41, 5.74) is 0.722. The fourth-order valence-corrected chi connectivity index (χ4v) is 3.17. The molecule has 0 saturated heterocycles. The van der Waals surface area contributed by atoms with Gasteiger partial charge >= 0.3 is 12.1 Å². The van der Waals surface area contributed by atoms with Crippen molar-refractivity contribution in [3.63, 3.8) is 0 Å². The molecule has 1 unspecified atom stereocenters. The number of carbonyl (C=O) groups excluding carboxylic acids is 2. The summed E-state index contributed by atoms with van der Waals surface area (Å²) >= 11 is 0. The molecule has 0 radical (unpaired) electrons. The van der Waals surface area contributed by atoms with Crippen LogP contribution in [-0.4, -0.2) is 38.8 Å². The fourth-order valence-electron chi connectivity index (χ4n) is 3.17. The SMILES string of the molecule is CC(OC(=O)Cc1cc(F)cc2cc(CNC(=O)c3cnn4cccnc34)oc12)C(F)(F)F. The number of hydrogen-bond acceptors (Lipinski definition) is 6. The van der Waals surface area contributed by atoms with E-state index in [4.69, 9.17) is 4.42 Å². The number of rotatable bonds is 6. The van der Waals surface area contributed by atoms with Gasteiger partial charge in [-0.2, -0.15) is 18.3 Å². The number of nitrogens with zero attached hydrogens (tertiary/aromatic N) is 3. The van der Waals surface area contributed by atoms with Crippen LogP contribution >= 0.6 is 0 Å². The summed E-state index contributed by atoms with van der Waals surface area (Å²) < 4.78 is 63.3. The standard InChI is InChI=1S/C21H16F4N4O4/c1-11(21(23,24)25)32-17(30)8-13-6-14(22)5-12-7-15(33-18(12)13)9-27-20(31)16-10-28-29-4-2-3-26-19(16)29/h2-7,10-11H,8-9H2,1H3,(H,27,31). The largest absolute Gasteiger partial charge is 0.459 e. The predicted octanol–water partition coefficient (Wildman–Crippen LogP) is 3.58. The second-order valence-corrected chi connectivity index (χ2v) is 7.18. The van der Waals surface area contributed by atoms with E-state index in [1.54, 1.807) is 12.3 Å². The summed E-state index contributed by atoms with van der Waals surface area (Å²) in [4.78, 5) is 28.5. The summed E-state index contributed by atoms with van der Waals surface area (Å²) in [5.74, 6) is -2.12. The summed E-state index contributed by atoms with van der Waals surface area (Å²) in [6.45, 7) is 0.626. The van der Waals surface area contributed by atoms with Crippen LogP contribution in [0.4, 0.5) is 17.6 Å². The van der Waals surface area contributed by atoms with Gasteiger partial charge in [0.25, 0.3) is 5.91 Å². The lowest BCUT2D eigenvalue weighted by Crippen LogP contribution is -2.31. The van der Waals surface area contributed by atoms with Crippen LogP contribution in [0, 0.1) is 5.82 Å². The Morgan fingerprint density at radius 2 is 2.06 bits per heavy atom. The Kier molecular flexibility index (Phi) is 5.75. The van der Waals surface area contributed by atoms with Crippen LogP contribution in [0.5, 0.6) is 0 Å². The number of furan rings is 1. The average molecular weight is 464 g/mol. The van der Waals surface area contributed by atoms with Crippen LogP contribution < -0.4 is 5.32 Å².